The van der Waals surface area contributed by atoms with Gasteiger partial charge in [0.25, 0.3) is 0 Å². The molecule has 5 nitrogen and oxygen atoms in total. The fourth-order valence-electron chi connectivity index (χ4n) is 2.18. The largest absolute Gasteiger partial charge is 0.332 e. The van der Waals surface area contributed by atoms with E-state index < -0.39 is 10.0 Å². The Kier molecular flexibility index (Phi) is 6.05. The van der Waals surface area contributed by atoms with Gasteiger partial charge in [0.15, 0.2) is 5.11 Å². The standard InChI is InChI=1S/C17H20ClN3O2S2/c1-11-8-9-13(10-16(11)25(22,23)21(3)4)19-17(24)20-15-7-5-6-14(18)12(15)2/h5-10H,1-4H3,(H2,19,20,24). The number of thiocarbonyl (C=S) groups is 1. The van der Waals surface area contributed by atoms with E-state index in [1.165, 1.54) is 18.4 Å². The molecule has 25 heavy (non-hydrogen) atoms. The van der Waals surface area contributed by atoms with Crippen LogP contribution in [0, 0.1) is 13.8 Å². The van der Waals surface area contributed by atoms with Crippen molar-refractivity contribution >= 4 is 50.3 Å². The van der Waals surface area contributed by atoms with Crippen LogP contribution in [0.25, 0.3) is 0 Å². The molecule has 8 heteroatoms. The van der Waals surface area contributed by atoms with Crippen LogP contribution in [-0.2, 0) is 10.0 Å². The third kappa shape index (κ3) is 4.49. The minimum Gasteiger partial charge on any atom is -0.332 e. The number of aryl methyl sites for hydroxylation is 1. The van der Waals surface area contributed by atoms with Gasteiger partial charge in [-0.05, 0) is 61.5 Å². The predicted molar refractivity (Wildman–Crippen MR) is 108 cm³/mol. The Labute approximate surface area is 159 Å². The molecule has 0 saturated carbocycles. The maximum Gasteiger partial charge on any atom is 0.242 e. The fraction of sp³-hybridized carbons (Fsp3) is 0.235. The smallest absolute Gasteiger partial charge is 0.242 e. The van der Waals surface area contributed by atoms with Crippen molar-refractivity contribution in [2.45, 2.75) is 18.7 Å². The molecule has 0 aromatic heterocycles. The lowest BCUT2D eigenvalue weighted by Crippen LogP contribution is -2.24. The highest BCUT2D eigenvalue weighted by Crippen LogP contribution is 2.24. The zero-order chi connectivity index (χ0) is 18.8. The SMILES string of the molecule is Cc1ccc(NC(=S)Nc2cccc(Cl)c2C)cc1S(=O)(=O)N(C)C. The second-order valence-electron chi connectivity index (χ2n) is 5.76. The van der Waals surface area contributed by atoms with Crippen LogP contribution in [-0.4, -0.2) is 31.9 Å². The van der Waals surface area contributed by atoms with Crippen molar-refractivity contribution in [3.63, 3.8) is 0 Å². The predicted octanol–water partition coefficient (Wildman–Crippen LogP) is 4.02. The lowest BCUT2D eigenvalue weighted by Gasteiger charge is -2.16. The number of anilines is 2. The summed E-state index contributed by atoms with van der Waals surface area (Å²) in [4.78, 5) is 0.240. The van der Waals surface area contributed by atoms with Crippen molar-refractivity contribution in [3.8, 4) is 0 Å². The number of benzene rings is 2. The molecule has 0 bridgehead atoms. The van der Waals surface area contributed by atoms with Gasteiger partial charge in [0, 0.05) is 30.5 Å². The summed E-state index contributed by atoms with van der Waals surface area (Å²) in [7, 11) is -0.519. The van der Waals surface area contributed by atoms with Gasteiger partial charge >= 0.3 is 0 Å². The molecule has 2 aromatic carbocycles. The van der Waals surface area contributed by atoms with Crippen LogP contribution >= 0.6 is 23.8 Å². The fourth-order valence-corrected chi connectivity index (χ4v) is 3.73. The lowest BCUT2D eigenvalue weighted by atomic mass is 10.2. The van der Waals surface area contributed by atoms with E-state index in [1.54, 1.807) is 31.2 Å². The van der Waals surface area contributed by atoms with E-state index in [-0.39, 0.29) is 4.90 Å². The van der Waals surface area contributed by atoms with E-state index >= 15 is 0 Å². The number of rotatable bonds is 4. The van der Waals surface area contributed by atoms with Crippen molar-refractivity contribution in [1.29, 1.82) is 0 Å². The molecule has 0 saturated heterocycles. The van der Waals surface area contributed by atoms with E-state index in [0.29, 0.717) is 21.4 Å². The highest BCUT2D eigenvalue weighted by Gasteiger charge is 2.20. The van der Waals surface area contributed by atoms with Crippen LogP contribution in [0.3, 0.4) is 0 Å². The number of halogens is 1. The minimum atomic E-state index is -3.52. The average Bonchev–Trinajstić information content (AvgIpc) is 2.53. The molecule has 0 radical (unpaired) electrons. The van der Waals surface area contributed by atoms with Crippen molar-refractivity contribution < 1.29 is 8.42 Å². The Morgan fingerprint density at radius 2 is 1.80 bits per heavy atom. The van der Waals surface area contributed by atoms with Crippen molar-refractivity contribution in [2.75, 3.05) is 24.7 Å². The van der Waals surface area contributed by atoms with E-state index in [4.69, 9.17) is 23.8 Å². The zero-order valence-electron chi connectivity index (χ0n) is 14.4. The monoisotopic (exact) mass is 397 g/mol. The summed E-state index contributed by atoms with van der Waals surface area (Å²) in [5.41, 5.74) is 2.93. The first kappa shape index (κ1) is 19.7. The Balaban J connectivity index is 2.23. The molecule has 0 aliphatic heterocycles. The van der Waals surface area contributed by atoms with Gasteiger partial charge in [0.1, 0.15) is 0 Å². The molecule has 0 aliphatic carbocycles. The highest BCUT2D eigenvalue weighted by atomic mass is 35.5. The molecule has 0 spiro atoms. The van der Waals surface area contributed by atoms with E-state index in [0.717, 1.165) is 11.3 Å². The molecular formula is C17H20ClN3O2S2. The van der Waals surface area contributed by atoms with Gasteiger partial charge in [-0.2, -0.15) is 0 Å². The van der Waals surface area contributed by atoms with Crippen LogP contribution < -0.4 is 10.6 Å². The van der Waals surface area contributed by atoms with Crippen LogP contribution in [0.2, 0.25) is 5.02 Å². The zero-order valence-corrected chi connectivity index (χ0v) is 16.8. The minimum absolute atomic E-state index is 0.240. The van der Waals surface area contributed by atoms with Crippen molar-refractivity contribution in [2.24, 2.45) is 0 Å². The molecule has 0 heterocycles. The van der Waals surface area contributed by atoms with Crippen LogP contribution in [0.15, 0.2) is 41.3 Å². The molecule has 0 fully saturated rings. The molecule has 134 valence electrons. The molecule has 0 atom stereocenters. The average molecular weight is 398 g/mol. The Morgan fingerprint density at radius 1 is 1.12 bits per heavy atom. The summed E-state index contributed by atoms with van der Waals surface area (Å²) in [6.07, 6.45) is 0. The van der Waals surface area contributed by atoms with Gasteiger partial charge in [0.05, 0.1) is 4.90 Å². The van der Waals surface area contributed by atoms with Crippen molar-refractivity contribution in [1.82, 2.24) is 4.31 Å². The maximum absolute atomic E-state index is 12.4. The van der Waals surface area contributed by atoms with Gasteiger partial charge in [-0.25, -0.2) is 12.7 Å². The molecule has 0 amide bonds. The first-order valence-electron chi connectivity index (χ1n) is 7.49. The Bertz CT molecular complexity index is 912. The van der Waals surface area contributed by atoms with Gasteiger partial charge < -0.3 is 10.6 Å². The third-order valence-electron chi connectivity index (χ3n) is 3.72. The van der Waals surface area contributed by atoms with Gasteiger partial charge in [0.2, 0.25) is 10.0 Å². The van der Waals surface area contributed by atoms with Gasteiger partial charge in [-0.1, -0.05) is 23.7 Å². The summed E-state index contributed by atoms with van der Waals surface area (Å²) in [5.74, 6) is 0. The summed E-state index contributed by atoms with van der Waals surface area (Å²) in [6.45, 7) is 3.65. The lowest BCUT2D eigenvalue weighted by molar-refractivity contribution is 0.520. The second-order valence-corrected chi connectivity index (χ2v) is 8.69. The normalized spacial score (nSPS) is 11.4. The molecular weight excluding hydrogens is 378 g/mol. The number of sulfonamides is 1. The molecule has 2 N–H and O–H groups in total. The third-order valence-corrected chi connectivity index (χ3v) is 6.29. The molecule has 2 rings (SSSR count). The maximum atomic E-state index is 12.4. The number of hydrogen-bond acceptors (Lipinski definition) is 3. The van der Waals surface area contributed by atoms with E-state index in [2.05, 4.69) is 10.6 Å². The molecule has 0 aliphatic rings. The number of hydrogen-bond donors (Lipinski definition) is 2. The summed E-state index contributed by atoms with van der Waals surface area (Å²) < 4.78 is 26.0. The quantitative estimate of drug-likeness (QED) is 0.763. The van der Waals surface area contributed by atoms with E-state index in [1.807, 2.05) is 19.1 Å². The molecule has 0 unspecified atom stereocenters. The van der Waals surface area contributed by atoms with Crippen molar-refractivity contribution in [3.05, 3.63) is 52.5 Å². The second kappa shape index (κ2) is 7.70. The van der Waals surface area contributed by atoms with Gasteiger partial charge in [-0.3, -0.25) is 0 Å². The summed E-state index contributed by atoms with van der Waals surface area (Å²) in [5, 5.41) is 7.07. The van der Waals surface area contributed by atoms with E-state index in [9.17, 15) is 8.42 Å². The Hall–Kier alpha value is -1.67. The highest BCUT2D eigenvalue weighted by molar-refractivity contribution is 7.89. The Morgan fingerprint density at radius 3 is 2.44 bits per heavy atom. The summed E-state index contributed by atoms with van der Waals surface area (Å²) in [6, 6.07) is 10.6. The van der Waals surface area contributed by atoms with Crippen LogP contribution in [0.1, 0.15) is 11.1 Å². The first-order chi connectivity index (χ1) is 11.6. The topological polar surface area (TPSA) is 61.4 Å². The number of nitrogens with zero attached hydrogens (tertiary/aromatic N) is 1. The first-order valence-corrected chi connectivity index (χ1v) is 9.72. The van der Waals surface area contributed by atoms with Crippen LogP contribution in [0.5, 0.6) is 0 Å². The number of nitrogens with one attached hydrogen (secondary N) is 2. The van der Waals surface area contributed by atoms with Gasteiger partial charge in [-0.15, -0.1) is 0 Å². The van der Waals surface area contributed by atoms with Crippen LogP contribution in [0.4, 0.5) is 11.4 Å². The summed E-state index contributed by atoms with van der Waals surface area (Å²) >= 11 is 11.4. The molecule has 2 aromatic rings.